The summed E-state index contributed by atoms with van der Waals surface area (Å²) in [5, 5.41) is 21.3. The van der Waals surface area contributed by atoms with E-state index >= 15 is 0 Å². The summed E-state index contributed by atoms with van der Waals surface area (Å²) in [4.78, 5) is 26.3. The lowest BCUT2D eigenvalue weighted by atomic mass is 10.1. The fourth-order valence-electron chi connectivity index (χ4n) is 4.12. The molecule has 13 nitrogen and oxygen atoms in total. The maximum atomic E-state index is 13.2. The highest BCUT2D eigenvalue weighted by atomic mass is 32.2. The van der Waals surface area contributed by atoms with Gasteiger partial charge in [-0.3, -0.25) is 4.79 Å². The highest BCUT2D eigenvalue weighted by molar-refractivity contribution is 7.90. The van der Waals surface area contributed by atoms with Crippen molar-refractivity contribution in [3.63, 3.8) is 0 Å². The second-order valence-corrected chi connectivity index (χ2v) is 13.4. The Kier molecular flexibility index (Phi) is 11.7. The second-order valence-electron chi connectivity index (χ2n) is 10.2. The Morgan fingerprint density at radius 1 is 0.824 bits per heavy atom. The Bertz CT molecular complexity index is 2100. The van der Waals surface area contributed by atoms with Crippen molar-refractivity contribution in [2.45, 2.75) is 35.9 Å². The number of aromatic amines is 1. The van der Waals surface area contributed by atoms with Gasteiger partial charge in [0, 0.05) is 0 Å². The molecular formula is C27H22F9N5O8S2. The monoisotopic (exact) mass is 779 g/mol. The number of benzene rings is 3. The standard InChI is InChI=1S/C25H21F6N5O6S2.C2HF3O2/c26-24(27,28)15-3-8-18(9-4-15)43(39,40)35-21(23-33-19-10-5-16(25(29,30)31)12-20(19)34-23)11-14-1-6-17(7-2-14)36(13-22(37)38)44(32,41)42;3-2(4,5)1(6)7/h1-10,12,21,35H,11,13H2,(H,33,34)(H,37,38)(H2,32,41,42);(H,6,7)/t21-;/m0./s1. The number of halogens is 9. The lowest BCUT2D eigenvalue weighted by molar-refractivity contribution is -0.192. The first-order valence-electron chi connectivity index (χ1n) is 13.4. The van der Waals surface area contributed by atoms with Gasteiger partial charge >= 0.3 is 30.5 Å². The van der Waals surface area contributed by atoms with Gasteiger partial charge in [-0.25, -0.2) is 32.4 Å². The molecular weight excluding hydrogens is 757 g/mol. The number of anilines is 1. The molecule has 0 saturated heterocycles. The third-order valence-electron chi connectivity index (χ3n) is 6.44. The van der Waals surface area contributed by atoms with E-state index in [2.05, 4.69) is 14.7 Å². The van der Waals surface area contributed by atoms with Crippen molar-refractivity contribution in [1.82, 2.24) is 14.7 Å². The van der Waals surface area contributed by atoms with Gasteiger partial charge in [0.2, 0.25) is 10.0 Å². The minimum absolute atomic E-state index is 0.125. The molecule has 1 heterocycles. The maximum absolute atomic E-state index is 13.2. The maximum Gasteiger partial charge on any atom is 0.490 e. The van der Waals surface area contributed by atoms with Crippen molar-refractivity contribution in [1.29, 1.82) is 0 Å². The Morgan fingerprint density at radius 2 is 1.33 bits per heavy atom. The Balaban J connectivity index is 0.000000908. The van der Waals surface area contributed by atoms with Gasteiger partial charge in [-0.1, -0.05) is 12.1 Å². The molecule has 1 atom stereocenters. The number of carboxylic acids is 2. The van der Waals surface area contributed by atoms with Crippen molar-refractivity contribution in [2.75, 3.05) is 10.8 Å². The van der Waals surface area contributed by atoms with E-state index in [0.29, 0.717) is 22.0 Å². The van der Waals surface area contributed by atoms with Gasteiger partial charge in [-0.2, -0.15) is 47.9 Å². The number of nitrogens with one attached hydrogen (secondary N) is 2. The highest BCUT2D eigenvalue weighted by Gasteiger charge is 2.38. The minimum atomic E-state index is -5.08. The molecule has 0 fully saturated rings. The van der Waals surface area contributed by atoms with Crippen LogP contribution in [0.2, 0.25) is 0 Å². The molecule has 278 valence electrons. The molecule has 3 aromatic carbocycles. The van der Waals surface area contributed by atoms with Crippen LogP contribution in [0.15, 0.2) is 71.6 Å². The Labute approximate surface area is 280 Å². The number of nitrogens with zero attached hydrogens (tertiary/aromatic N) is 2. The quantitative estimate of drug-likeness (QED) is 0.142. The molecule has 4 aromatic rings. The SMILES string of the molecule is NS(=O)(=O)N(CC(=O)O)c1ccc(C[C@H](NS(=O)(=O)c2ccc(C(F)(F)F)cc2)c2nc3cc(C(F)(F)F)ccc3[nH]2)cc1.O=C(O)C(F)(F)F. The summed E-state index contributed by atoms with van der Waals surface area (Å²) in [6, 6.07) is 8.92. The minimum Gasteiger partial charge on any atom is -0.480 e. The van der Waals surface area contributed by atoms with Crippen LogP contribution in [-0.4, -0.2) is 61.7 Å². The average molecular weight is 780 g/mol. The van der Waals surface area contributed by atoms with E-state index in [1.54, 1.807) is 0 Å². The first-order valence-corrected chi connectivity index (χ1v) is 16.3. The Hall–Kier alpha value is -4.94. The number of hydrogen-bond donors (Lipinski definition) is 5. The van der Waals surface area contributed by atoms with Crippen LogP contribution in [0, 0.1) is 0 Å². The smallest absolute Gasteiger partial charge is 0.480 e. The van der Waals surface area contributed by atoms with Gasteiger partial charge in [0.1, 0.15) is 12.4 Å². The van der Waals surface area contributed by atoms with E-state index in [-0.39, 0.29) is 29.0 Å². The summed E-state index contributed by atoms with van der Waals surface area (Å²) in [5.74, 6) is -4.40. The van der Waals surface area contributed by atoms with Gasteiger partial charge in [0.25, 0.3) is 10.2 Å². The third-order valence-corrected chi connectivity index (χ3v) is 8.88. The number of rotatable bonds is 10. The molecule has 0 radical (unpaired) electrons. The van der Waals surface area contributed by atoms with Gasteiger partial charge in [-0.15, -0.1) is 0 Å². The van der Waals surface area contributed by atoms with Crippen LogP contribution in [0.1, 0.15) is 28.6 Å². The predicted octanol–water partition coefficient (Wildman–Crippen LogP) is 4.59. The fraction of sp³-hybridized carbons (Fsp3) is 0.222. The van der Waals surface area contributed by atoms with E-state index in [1.165, 1.54) is 24.3 Å². The number of carbonyl (C=O) groups is 2. The molecule has 0 spiro atoms. The first-order chi connectivity index (χ1) is 23.2. The van der Waals surface area contributed by atoms with E-state index in [9.17, 15) is 61.1 Å². The number of aliphatic carboxylic acids is 2. The summed E-state index contributed by atoms with van der Waals surface area (Å²) in [7, 11) is -9.03. The van der Waals surface area contributed by atoms with Crippen molar-refractivity contribution >= 4 is 48.9 Å². The summed E-state index contributed by atoms with van der Waals surface area (Å²) in [6.07, 6.45) is -14.7. The average Bonchev–Trinajstić information content (AvgIpc) is 3.42. The van der Waals surface area contributed by atoms with Crippen molar-refractivity contribution in [3.8, 4) is 0 Å². The molecule has 24 heteroatoms. The second kappa shape index (κ2) is 14.7. The predicted molar refractivity (Wildman–Crippen MR) is 158 cm³/mol. The number of aromatic nitrogens is 2. The highest BCUT2D eigenvalue weighted by Crippen LogP contribution is 2.33. The van der Waals surface area contributed by atoms with Crippen LogP contribution in [-0.2, 0) is 48.6 Å². The van der Waals surface area contributed by atoms with E-state index < -0.39 is 79.3 Å². The third kappa shape index (κ3) is 11.0. The zero-order valence-corrected chi connectivity index (χ0v) is 26.5. The summed E-state index contributed by atoms with van der Waals surface area (Å²) < 4.78 is 163. The molecule has 0 saturated carbocycles. The molecule has 4 rings (SSSR count). The number of sulfonamides is 1. The van der Waals surface area contributed by atoms with E-state index in [0.717, 1.165) is 30.3 Å². The number of imidazole rings is 1. The number of hydrogen-bond acceptors (Lipinski definition) is 7. The molecule has 6 N–H and O–H groups in total. The largest absolute Gasteiger partial charge is 0.490 e. The molecule has 0 aliphatic heterocycles. The summed E-state index contributed by atoms with van der Waals surface area (Å²) in [6.45, 7) is -0.993. The van der Waals surface area contributed by atoms with Gasteiger partial charge < -0.3 is 15.2 Å². The lowest BCUT2D eigenvalue weighted by Crippen LogP contribution is -2.40. The van der Waals surface area contributed by atoms with Gasteiger partial charge in [0.15, 0.2) is 0 Å². The zero-order chi connectivity index (χ0) is 38.7. The number of carboxylic acid groups (broad SMARTS) is 2. The van der Waals surface area contributed by atoms with Crippen LogP contribution in [0.4, 0.5) is 45.2 Å². The molecule has 51 heavy (non-hydrogen) atoms. The van der Waals surface area contributed by atoms with Crippen LogP contribution in [0.25, 0.3) is 11.0 Å². The number of nitrogens with two attached hydrogens (primary N) is 1. The molecule has 0 aliphatic carbocycles. The Morgan fingerprint density at radius 3 is 1.78 bits per heavy atom. The van der Waals surface area contributed by atoms with Crippen molar-refractivity contribution in [2.24, 2.45) is 5.14 Å². The number of H-pyrrole nitrogens is 1. The number of alkyl halides is 9. The molecule has 0 amide bonds. The topological polar surface area (TPSA) is 213 Å². The van der Waals surface area contributed by atoms with E-state index in [4.69, 9.17) is 20.1 Å². The molecule has 0 aliphatic rings. The lowest BCUT2D eigenvalue weighted by Gasteiger charge is -2.21. The van der Waals surface area contributed by atoms with Crippen LogP contribution < -0.4 is 14.2 Å². The van der Waals surface area contributed by atoms with E-state index in [1.807, 2.05) is 0 Å². The van der Waals surface area contributed by atoms with Crippen LogP contribution in [0.3, 0.4) is 0 Å². The summed E-state index contributed by atoms with van der Waals surface area (Å²) >= 11 is 0. The van der Waals surface area contributed by atoms with Crippen LogP contribution >= 0.6 is 0 Å². The van der Waals surface area contributed by atoms with Crippen molar-refractivity contribution in [3.05, 3.63) is 89.2 Å². The fourth-order valence-corrected chi connectivity index (χ4v) is 6.03. The zero-order valence-electron chi connectivity index (χ0n) is 24.9. The normalized spacial score (nSPS) is 13.3. The molecule has 0 bridgehead atoms. The van der Waals surface area contributed by atoms with Gasteiger partial charge in [0.05, 0.1) is 38.8 Å². The summed E-state index contributed by atoms with van der Waals surface area (Å²) in [5.41, 5.74) is -1.96. The van der Waals surface area contributed by atoms with Crippen molar-refractivity contribution < 1.29 is 76.2 Å². The van der Waals surface area contributed by atoms with Gasteiger partial charge in [-0.05, 0) is 66.6 Å². The molecule has 1 aromatic heterocycles. The molecule has 0 unspecified atom stereocenters. The van der Waals surface area contributed by atoms with Crippen LogP contribution in [0.5, 0.6) is 0 Å². The first kappa shape index (κ1) is 40.5. The number of fused-ring (bicyclic) bond motifs is 1.